The van der Waals surface area contributed by atoms with Gasteiger partial charge in [-0.2, -0.15) is 0 Å². The number of rotatable bonds is 4. The Morgan fingerprint density at radius 2 is 2.00 bits per heavy atom. The molecule has 1 rings (SSSR count). The molecule has 0 saturated heterocycles. The maximum Gasteiger partial charge on any atom is 0.253 e. The molecule has 0 bridgehead atoms. The second kappa shape index (κ2) is 5.61. The lowest BCUT2D eigenvalue weighted by Gasteiger charge is -2.24. The van der Waals surface area contributed by atoms with Gasteiger partial charge in [-0.3, -0.25) is 4.79 Å². The van der Waals surface area contributed by atoms with Gasteiger partial charge < -0.3 is 10.6 Å². The first-order valence-electron chi connectivity index (χ1n) is 5.13. The number of nitrogens with zero attached hydrogens (tertiary/aromatic N) is 1. The number of carbonyl (C=O) groups excluding carboxylic acids is 1. The van der Waals surface area contributed by atoms with E-state index in [0.717, 1.165) is 0 Å². The third-order valence-electron chi connectivity index (χ3n) is 2.50. The third-order valence-corrected chi connectivity index (χ3v) is 2.67. The maximum absolute atomic E-state index is 12.0. The summed E-state index contributed by atoms with van der Waals surface area (Å²) in [7, 11) is 1.76. The summed E-state index contributed by atoms with van der Waals surface area (Å²) in [6.07, 6.45) is 0.546. The van der Waals surface area contributed by atoms with Crippen molar-refractivity contribution in [2.24, 2.45) is 5.73 Å². The quantitative estimate of drug-likeness (QED) is 0.811. The molecule has 86 valence electrons. The molecule has 1 aromatic carbocycles. The van der Waals surface area contributed by atoms with Crippen molar-refractivity contribution in [2.75, 3.05) is 7.05 Å². The molecule has 0 radical (unpaired) electrons. The molecule has 3 nitrogen and oxygen atoms in total. The zero-order valence-electron chi connectivity index (χ0n) is 9.51. The Labute approximate surface area is 101 Å². The predicted molar refractivity (Wildman–Crippen MR) is 69.4 cm³/mol. The standard InChI is InChI=1S/C12H16N2OS/c1-9(8-11(13)16)14(2)12(15)10-6-4-3-5-7-10/h3-7,9H,8H2,1-2H3,(H2,13,16). The van der Waals surface area contributed by atoms with E-state index >= 15 is 0 Å². The summed E-state index contributed by atoms with van der Waals surface area (Å²) in [6, 6.07) is 9.19. The van der Waals surface area contributed by atoms with E-state index in [0.29, 0.717) is 17.0 Å². The summed E-state index contributed by atoms with van der Waals surface area (Å²) >= 11 is 4.83. The summed E-state index contributed by atoms with van der Waals surface area (Å²) < 4.78 is 0. The normalized spacial score (nSPS) is 11.9. The number of nitrogens with two attached hydrogens (primary N) is 1. The van der Waals surface area contributed by atoms with Crippen LogP contribution in [0.15, 0.2) is 30.3 Å². The molecule has 0 aliphatic rings. The minimum absolute atomic E-state index is 0.00986. The van der Waals surface area contributed by atoms with Crippen molar-refractivity contribution < 1.29 is 4.79 Å². The Balaban J connectivity index is 2.71. The minimum atomic E-state index is -0.00986. The van der Waals surface area contributed by atoms with Crippen molar-refractivity contribution in [2.45, 2.75) is 19.4 Å². The summed E-state index contributed by atoms with van der Waals surface area (Å²) in [5.74, 6) is -0.00986. The monoisotopic (exact) mass is 236 g/mol. The van der Waals surface area contributed by atoms with Gasteiger partial charge in [-0.05, 0) is 19.1 Å². The number of benzene rings is 1. The van der Waals surface area contributed by atoms with Crippen molar-refractivity contribution in [3.05, 3.63) is 35.9 Å². The molecule has 0 saturated carbocycles. The van der Waals surface area contributed by atoms with Gasteiger partial charge in [0.1, 0.15) is 0 Å². The highest BCUT2D eigenvalue weighted by atomic mass is 32.1. The smallest absolute Gasteiger partial charge is 0.253 e. The highest BCUT2D eigenvalue weighted by Gasteiger charge is 2.17. The topological polar surface area (TPSA) is 46.3 Å². The van der Waals surface area contributed by atoms with E-state index in [2.05, 4.69) is 0 Å². The van der Waals surface area contributed by atoms with Crippen LogP contribution in [0.4, 0.5) is 0 Å². The largest absolute Gasteiger partial charge is 0.393 e. The minimum Gasteiger partial charge on any atom is -0.393 e. The van der Waals surface area contributed by atoms with Gasteiger partial charge >= 0.3 is 0 Å². The molecule has 0 spiro atoms. The van der Waals surface area contributed by atoms with Gasteiger partial charge in [-0.1, -0.05) is 30.4 Å². The fraction of sp³-hybridized carbons (Fsp3) is 0.333. The molecule has 4 heteroatoms. The molecule has 1 amide bonds. The Morgan fingerprint density at radius 3 is 2.50 bits per heavy atom. The van der Waals surface area contributed by atoms with Gasteiger partial charge in [0.05, 0.1) is 4.99 Å². The first kappa shape index (κ1) is 12.6. The van der Waals surface area contributed by atoms with E-state index in [1.807, 2.05) is 25.1 Å². The predicted octanol–water partition coefficient (Wildman–Crippen LogP) is 1.82. The lowest BCUT2D eigenvalue weighted by atomic mass is 10.1. The molecule has 0 heterocycles. The molecule has 2 N–H and O–H groups in total. The van der Waals surface area contributed by atoms with Crippen molar-refractivity contribution in [3.8, 4) is 0 Å². The van der Waals surface area contributed by atoms with Gasteiger partial charge in [-0.15, -0.1) is 0 Å². The molecular weight excluding hydrogens is 220 g/mol. The number of amides is 1. The molecule has 16 heavy (non-hydrogen) atoms. The van der Waals surface area contributed by atoms with Gasteiger partial charge in [0.15, 0.2) is 0 Å². The van der Waals surface area contributed by atoms with E-state index in [9.17, 15) is 4.79 Å². The highest BCUT2D eigenvalue weighted by Crippen LogP contribution is 2.08. The summed E-state index contributed by atoms with van der Waals surface area (Å²) in [5, 5.41) is 0. The fourth-order valence-electron chi connectivity index (χ4n) is 1.41. The molecular formula is C12H16N2OS. The van der Waals surface area contributed by atoms with E-state index in [1.54, 1.807) is 24.1 Å². The number of hydrogen-bond donors (Lipinski definition) is 1. The molecule has 1 atom stereocenters. The van der Waals surface area contributed by atoms with Gasteiger partial charge in [0.2, 0.25) is 0 Å². The average molecular weight is 236 g/mol. The van der Waals surface area contributed by atoms with Crippen molar-refractivity contribution in [3.63, 3.8) is 0 Å². The second-order valence-corrected chi connectivity index (χ2v) is 4.33. The second-order valence-electron chi connectivity index (χ2n) is 3.80. The Morgan fingerprint density at radius 1 is 1.44 bits per heavy atom. The molecule has 1 unspecified atom stereocenters. The molecule has 0 fully saturated rings. The van der Waals surface area contributed by atoms with Gasteiger partial charge in [0.25, 0.3) is 5.91 Å². The molecule has 0 aliphatic heterocycles. The zero-order valence-corrected chi connectivity index (χ0v) is 10.3. The lowest BCUT2D eigenvalue weighted by molar-refractivity contribution is 0.0748. The van der Waals surface area contributed by atoms with Crippen LogP contribution in [0.5, 0.6) is 0 Å². The fourth-order valence-corrected chi connectivity index (χ4v) is 1.65. The molecule has 1 aromatic rings. The Kier molecular flexibility index (Phi) is 4.43. The van der Waals surface area contributed by atoms with Crippen molar-refractivity contribution in [1.29, 1.82) is 0 Å². The highest BCUT2D eigenvalue weighted by molar-refractivity contribution is 7.80. The summed E-state index contributed by atoms with van der Waals surface area (Å²) in [4.78, 5) is 14.1. The summed E-state index contributed by atoms with van der Waals surface area (Å²) in [6.45, 7) is 1.93. The van der Waals surface area contributed by atoms with Crippen LogP contribution < -0.4 is 5.73 Å². The van der Waals surface area contributed by atoms with E-state index in [-0.39, 0.29) is 11.9 Å². The van der Waals surface area contributed by atoms with E-state index in [1.165, 1.54) is 0 Å². The molecule has 0 aromatic heterocycles. The maximum atomic E-state index is 12.0. The lowest BCUT2D eigenvalue weighted by Crippen LogP contribution is -2.37. The van der Waals surface area contributed by atoms with Gasteiger partial charge in [-0.25, -0.2) is 0 Å². The Hall–Kier alpha value is -1.42. The third kappa shape index (κ3) is 3.31. The van der Waals surface area contributed by atoms with Crippen LogP contribution in [0.1, 0.15) is 23.7 Å². The van der Waals surface area contributed by atoms with Crippen LogP contribution in [0.25, 0.3) is 0 Å². The number of carbonyl (C=O) groups is 1. The number of thiocarbonyl (C=S) groups is 1. The van der Waals surface area contributed by atoms with Crippen LogP contribution in [-0.2, 0) is 0 Å². The summed E-state index contributed by atoms with van der Waals surface area (Å²) in [5.41, 5.74) is 6.14. The van der Waals surface area contributed by atoms with E-state index < -0.39 is 0 Å². The molecule has 0 aliphatic carbocycles. The van der Waals surface area contributed by atoms with Crippen molar-refractivity contribution in [1.82, 2.24) is 4.90 Å². The van der Waals surface area contributed by atoms with Crippen LogP contribution in [0, 0.1) is 0 Å². The van der Waals surface area contributed by atoms with Crippen LogP contribution >= 0.6 is 12.2 Å². The SMILES string of the molecule is CC(CC(N)=S)N(C)C(=O)c1ccccc1. The Bertz CT molecular complexity index is 378. The van der Waals surface area contributed by atoms with Crippen LogP contribution in [0.2, 0.25) is 0 Å². The van der Waals surface area contributed by atoms with Gasteiger partial charge in [0, 0.05) is 25.1 Å². The van der Waals surface area contributed by atoms with Crippen molar-refractivity contribution >= 4 is 23.1 Å². The van der Waals surface area contributed by atoms with Crippen LogP contribution in [0.3, 0.4) is 0 Å². The average Bonchev–Trinajstić information content (AvgIpc) is 2.27. The first-order valence-corrected chi connectivity index (χ1v) is 5.53. The first-order chi connectivity index (χ1) is 7.52. The zero-order chi connectivity index (χ0) is 12.1. The van der Waals surface area contributed by atoms with E-state index in [4.69, 9.17) is 18.0 Å². The van der Waals surface area contributed by atoms with Crippen LogP contribution in [-0.4, -0.2) is 28.9 Å². The number of hydrogen-bond acceptors (Lipinski definition) is 2.